The lowest BCUT2D eigenvalue weighted by molar-refractivity contribution is -0.121. The Kier molecular flexibility index (Phi) is 7.19. The molecule has 1 unspecified atom stereocenters. The van der Waals surface area contributed by atoms with Gasteiger partial charge >= 0.3 is 0 Å². The van der Waals surface area contributed by atoms with Crippen molar-refractivity contribution in [2.75, 3.05) is 0 Å². The molecule has 1 aliphatic rings. The molecule has 1 fully saturated rings. The summed E-state index contributed by atoms with van der Waals surface area (Å²) in [5.41, 5.74) is -0.200. The van der Waals surface area contributed by atoms with E-state index >= 15 is 0 Å². The molecule has 0 saturated heterocycles. The van der Waals surface area contributed by atoms with E-state index in [-0.39, 0.29) is 11.5 Å². The van der Waals surface area contributed by atoms with Gasteiger partial charge in [-0.25, -0.2) is 4.98 Å². The van der Waals surface area contributed by atoms with Crippen LogP contribution in [-0.4, -0.2) is 26.2 Å². The molecule has 6 nitrogen and oxygen atoms in total. The van der Waals surface area contributed by atoms with Gasteiger partial charge in [0.25, 0.3) is 5.56 Å². The van der Waals surface area contributed by atoms with Crippen LogP contribution < -0.4 is 10.9 Å². The van der Waals surface area contributed by atoms with E-state index < -0.39 is 10.8 Å². The Morgan fingerprint density at radius 3 is 2.63 bits per heavy atom. The maximum Gasteiger partial charge on any atom is 0.262 e. The molecule has 1 atom stereocenters. The lowest BCUT2D eigenvalue weighted by atomic mass is 9.83. The van der Waals surface area contributed by atoms with Gasteiger partial charge in [-0.15, -0.1) is 0 Å². The van der Waals surface area contributed by atoms with E-state index in [4.69, 9.17) is 4.98 Å². The van der Waals surface area contributed by atoms with Crippen LogP contribution in [0.15, 0.2) is 34.2 Å². The molecule has 0 bridgehead atoms. The summed E-state index contributed by atoms with van der Waals surface area (Å²) in [6, 6.07) is 9.65. The number of rotatable bonds is 7. The van der Waals surface area contributed by atoms with Crippen molar-refractivity contribution in [3.8, 4) is 6.07 Å². The highest BCUT2D eigenvalue weighted by atomic mass is 32.2. The fourth-order valence-corrected chi connectivity index (χ4v) is 4.73. The summed E-state index contributed by atoms with van der Waals surface area (Å²) in [6.45, 7) is 6.61. The fraction of sp³-hybridized carbons (Fsp3) is 0.565. The molecule has 1 N–H and O–H groups in total. The highest BCUT2D eigenvalue weighted by Gasteiger charge is 2.35. The summed E-state index contributed by atoms with van der Waals surface area (Å²) in [7, 11) is 0. The second-order valence-corrected chi connectivity index (χ2v) is 9.86. The predicted molar refractivity (Wildman–Crippen MR) is 120 cm³/mol. The third kappa shape index (κ3) is 5.04. The lowest BCUT2D eigenvalue weighted by Gasteiger charge is -2.32. The highest BCUT2D eigenvalue weighted by Crippen LogP contribution is 2.29. The molecule has 1 amide bonds. The third-order valence-electron chi connectivity index (χ3n) is 5.69. The normalized spacial score (nSPS) is 16.9. The van der Waals surface area contributed by atoms with Gasteiger partial charge in [0.1, 0.15) is 5.54 Å². The van der Waals surface area contributed by atoms with Crippen LogP contribution in [0.25, 0.3) is 10.9 Å². The van der Waals surface area contributed by atoms with Crippen molar-refractivity contribution < 1.29 is 4.79 Å². The Balaban J connectivity index is 1.86. The van der Waals surface area contributed by atoms with Crippen LogP contribution in [0.5, 0.6) is 0 Å². The van der Waals surface area contributed by atoms with Crippen LogP contribution in [0.2, 0.25) is 0 Å². The quantitative estimate of drug-likeness (QED) is 0.528. The van der Waals surface area contributed by atoms with Crippen molar-refractivity contribution >= 4 is 28.6 Å². The largest absolute Gasteiger partial charge is 0.337 e. The molecule has 0 aliphatic heterocycles. The molecule has 30 heavy (non-hydrogen) atoms. The molecule has 1 aromatic carbocycles. The van der Waals surface area contributed by atoms with E-state index in [1.807, 2.05) is 25.1 Å². The summed E-state index contributed by atoms with van der Waals surface area (Å²) in [5.74, 6) is 0.269. The number of nitriles is 1. The molecule has 3 rings (SSSR count). The van der Waals surface area contributed by atoms with Crippen molar-refractivity contribution in [3.05, 3.63) is 34.6 Å². The number of amides is 1. The number of carbonyl (C=O) groups is 1. The van der Waals surface area contributed by atoms with Crippen molar-refractivity contribution in [2.24, 2.45) is 5.92 Å². The minimum atomic E-state index is -0.766. The molecule has 7 heteroatoms. The van der Waals surface area contributed by atoms with Crippen molar-refractivity contribution in [3.63, 3.8) is 0 Å². The van der Waals surface area contributed by atoms with Gasteiger partial charge in [0.2, 0.25) is 5.91 Å². The Morgan fingerprint density at radius 1 is 1.27 bits per heavy atom. The molecule has 1 aromatic heterocycles. The lowest BCUT2D eigenvalue weighted by Crippen LogP contribution is -2.51. The number of benzene rings is 1. The summed E-state index contributed by atoms with van der Waals surface area (Å²) in [6.07, 6.45) is 5.25. The number of carbonyl (C=O) groups excluding carboxylic acids is 1. The second-order valence-electron chi connectivity index (χ2n) is 8.55. The SMILES string of the molecule is CC(C)CCn1c(SC(C)C(=O)NC2(C#N)CCCCC2)nc2ccccc2c1=O. The van der Waals surface area contributed by atoms with E-state index in [1.54, 1.807) is 10.6 Å². The van der Waals surface area contributed by atoms with Crippen LogP contribution in [0, 0.1) is 17.2 Å². The summed E-state index contributed by atoms with van der Waals surface area (Å²) in [4.78, 5) is 30.7. The zero-order chi connectivity index (χ0) is 21.7. The fourth-order valence-electron chi connectivity index (χ4n) is 3.79. The second kappa shape index (κ2) is 9.65. The number of thioether (sulfide) groups is 1. The van der Waals surface area contributed by atoms with E-state index in [2.05, 4.69) is 25.2 Å². The Hall–Kier alpha value is -2.33. The Labute approximate surface area is 182 Å². The van der Waals surface area contributed by atoms with Crippen LogP contribution in [-0.2, 0) is 11.3 Å². The molecule has 2 aromatic rings. The van der Waals surface area contributed by atoms with Crippen LogP contribution in [0.4, 0.5) is 0 Å². The van der Waals surface area contributed by atoms with Crippen molar-refractivity contribution in [2.45, 2.75) is 81.8 Å². The molecular weight excluding hydrogens is 396 g/mol. The summed E-state index contributed by atoms with van der Waals surface area (Å²) >= 11 is 1.29. The van der Waals surface area contributed by atoms with E-state index in [0.717, 1.165) is 25.7 Å². The van der Waals surface area contributed by atoms with Gasteiger partial charge in [0, 0.05) is 6.54 Å². The van der Waals surface area contributed by atoms with Gasteiger partial charge < -0.3 is 5.32 Å². The number of para-hydroxylation sites is 1. The van der Waals surface area contributed by atoms with Gasteiger partial charge in [-0.3, -0.25) is 14.2 Å². The number of hydrogen-bond acceptors (Lipinski definition) is 5. The van der Waals surface area contributed by atoms with Gasteiger partial charge in [-0.2, -0.15) is 5.26 Å². The molecule has 1 aliphatic carbocycles. The predicted octanol–water partition coefficient (Wildman–Crippen LogP) is 4.27. The van der Waals surface area contributed by atoms with E-state index in [0.29, 0.717) is 41.4 Å². The van der Waals surface area contributed by atoms with Gasteiger partial charge in [-0.05, 0) is 44.2 Å². The first-order valence-electron chi connectivity index (χ1n) is 10.7. The number of fused-ring (bicyclic) bond motifs is 1. The molecule has 1 saturated carbocycles. The van der Waals surface area contributed by atoms with Crippen molar-refractivity contribution in [1.29, 1.82) is 5.26 Å². The topological polar surface area (TPSA) is 87.8 Å². The smallest absolute Gasteiger partial charge is 0.262 e. The Morgan fingerprint density at radius 2 is 1.97 bits per heavy atom. The van der Waals surface area contributed by atoms with Crippen LogP contribution in [0.1, 0.15) is 59.3 Å². The minimum absolute atomic E-state index is 0.0721. The first-order chi connectivity index (χ1) is 14.3. The van der Waals surface area contributed by atoms with Crippen LogP contribution >= 0.6 is 11.8 Å². The summed E-state index contributed by atoms with van der Waals surface area (Å²) < 4.78 is 1.69. The van der Waals surface area contributed by atoms with Gasteiger partial charge in [0.05, 0.1) is 22.2 Å². The zero-order valence-corrected chi connectivity index (χ0v) is 18.8. The first kappa shape index (κ1) is 22.4. The maximum absolute atomic E-state index is 13.1. The van der Waals surface area contributed by atoms with Crippen molar-refractivity contribution in [1.82, 2.24) is 14.9 Å². The zero-order valence-electron chi connectivity index (χ0n) is 18.0. The standard InChI is InChI=1S/C23H30N4O2S/c1-16(2)11-14-27-21(29)18-9-5-6-10-19(18)25-22(27)30-17(3)20(28)26-23(15-24)12-7-4-8-13-23/h5-6,9-10,16-17H,4,7-8,11-14H2,1-3H3,(H,26,28). The average Bonchev–Trinajstić information content (AvgIpc) is 2.74. The minimum Gasteiger partial charge on any atom is -0.337 e. The number of nitrogens with zero attached hydrogens (tertiary/aromatic N) is 3. The molecule has 1 heterocycles. The number of nitrogens with one attached hydrogen (secondary N) is 1. The molecular formula is C23H30N4O2S. The molecule has 0 radical (unpaired) electrons. The number of aromatic nitrogens is 2. The highest BCUT2D eigenvalue weighted by molar-refractivity contribution is 8.00. The maximum atomic E-state index is 13.1. The average molecular weight is 427 g/mol. The molecule has 0 spiro atoms. The monoisotopic (exact) mass is 426 g/mol. The first-order valence-corrected chi connectivity index (χ1v) is 11.6. The Bertz CT molecular complexity index is 1000. The number of hydrogen-bond donors (Lipinski definition) is 1. The van der Waals surface area contributed by atoms with E-state index in [9.17, 15) is 14.9 Å². The molecule has 160 valence electrons. The third-order valence-corrected chi connectivity index (χ3v) is 6.78. The van der Waals surface area contributed by atoms with Gasteiger partial charge in [0.15, 0.2) is 5.16 Å². The van der Waals surface area contributed by atoms with Crippen LogP contribution in [0.3, 0.4) is 0 Å². The summed E-state index contributed by atoms with van der Waals surface area (Å²) in [5, 5.41) is 13.3. The van der Waals surface area contributed by atoms with Gasteiger partial charge in [-0.1, -0.05) is 57.0 Å². The van der Waals surface area contributed by atoms with E-state index in [1.165, 1.54) is 11.8 Å².